The fourth-order valence-electron chi connectivity index (χ4n) is 2.40. The Balaban J connectivity index is 1.72. The van der Waals surface area contributed by atoms with E-state index < -0.39 is 0 Å². The zero-order valence-electron chi connectivity index (χ0n) is 13.5. The number of aryl methyl sites for hydroxylation is 1. The van der Waals surface area contributed by atoms with Gasteiger partial charge in [-0.15, -0.1) is 0 Å². The number of fused-ring (bicyclic) bond motifs is 1. The van der Waals surface area contributed by atoms with Gasteiger partial charge in [0, 0.05) is 48.7 Å². The Morgan fingerprint density at radius 3 is 2.79 bits per heavy atom. The molecule has 0 unspecified atom stereocenters. The van der Waals surface area contributed by atoms with Crippen molar-refractivity contribution in [2.75, 3.05) is 5.32 Å². The summed E-state index contributed by atoms with van der Waals surface area (Å²) in [6.07, 6.45) is 9.21. The lowest BCUT2D eigenvalue weighted by Gasteiger charge is -2.04. The predicted octanol–water partition coefficient (Wildman–Crippen LogP) is 2.85. The highest BCUT2D eigenvalue weighted by Crippen LogP contribution is 2.26. The van der Waals surface area contributed by atoms with Crippen LogP contribution in [-0.4, -0.2) is 33.5 Å². The molecule has 1 N–H and O–H groups in total. The summed E-state index contributed by atoms with van der Waals surface area (Å²) < 4.78 is 8.10. The maximum absolute atomic E-state index is 4.50. The Bertz CT molecular complexity index is 996. The highest BCUT2D eigenvalue weighted by molar-refractivity contribution is 7.09. The first-order valence-electron chi connectivity index (χ1n) is 7.53. The van der Waals surface area contributed by atoms with Crippen LogP contribution in [0, 0.1) is 0 Å². The second kappa shape index (κ2) is 5.68. The fraction of sp³-hybridized carbons (Fsp3) is 0.267. The first-order valence-corrected chi connectivity index (χ1v) is 8.31. The first-order chi connectivity index (χ1) is 11.6. The van der Waals surface area contributed by atoms with Gasteiger partial charge in [0.1, 0.15) is 5.82 Å². The van der Waals surface area contributed by atoms with E-state index in [0.717, 1.165) is 22.7 Å². The maximum Gasteiger partial charge on any atom is 0.208 e. The van der Waals surface area contributed by atoms with Crippen molar-refractivity contribution in [2.45, 2.75) is 19.8 Å². The van der Waals surface area contributed by atoms with Crippen molar-refractivity contribution in [1.82, 2.24) is 33.5 Å². The van der Waals surface area contributed by atoms with E-state index in [1.807, 2.05) is 36.2 Å². The predicted molar refractivity (Wildman–Crippen MR) is 92.5 cm³/mol. The van der Waals surface area contributed by atoms with Crippen LogP contribution in [0.15, 0.2) is 31.0 Å². The maximum atomic E-state index is 4.50. The summed E-state index contributed by atoms with van der Waals surface area (Å²) >= 11 is 1.33. The van der Waals surface area contributed by atoms with Crippen LogP contribution in [0.4, 0.5) is 10.9 Å². The van der Waals surface area contributed by atoms with Crippen molar-refractivity contribution >= 4 is 28.1 Å². The lowest BCUT2D eigenvalue weighted by atomic mass is 10.2. The number of hydrogen-bond donors (Lipinski definition) is 1. The van der Waals surface area contributed by atoms with Crippen LogP contribution in [0.3, 0.4) is 0 Å². The van der Waals surface area contributed by atoms with Crippen LogP contribution in [0.2, 0.25) is 0 Å². The number of hydrogen-bond acceptors (Lipinski definition) is 7. The van der Waals surface area contributed by atoms with Gasteiger partial charge in [0.25, 0.3) is 0 Å². The van der Waals surface area contributed by atoms with Crippen LogP contribution >= 0.6 is 11.5 Å². The van der Waals surface area contributed by atoms with Gasteiger partial charge in [-0.3, -0.25) is 9.08 Å². The van der Waals surface area contributed by atoms with E-state index in [-0.39, 0.29) is 0 Å². The molecule has 8 nitrogen and oxygen atoms in total. The van der Waals surface area contributed by atoms with E-state index in [0.29, 0.717) is 16.9 Å². The molecule has 0 atom stereocenters. The van der Waals surface area contributed by atoms with Crippen LogP contribution < -0.4 is 5.32 Å². The van der Waals surface area contributed by atoms with Crippen molar-refractivity contribution in [3.05, 3.63) is 36.8 Å². The molecule has 9 heteroatoms. The summed E-state index contributed by atoms with van der Waals surface area (Å²) in [5.74, 6) is 1.78. The Labute approximate surface area is 142 Å². The molecule has 4 heterocycles. The van der Waals surface area contributed by atoms with Gasteiger partial charge in [-0.25, -0.2) is 15.0 Å². The molecule has 0 amide bonds. The Morgan fingerprint density at radius 1 is 1.21 bits per heavy atom. The van der Waals surface area contributed by atoms with Crippen LogP contribution in [-0.2, 0) is 7.05 Å². The van der Waals surface area contributed by atoms with E-state index in [1.165, 1.54) is 11.5 Å². The molecule has 122 valence electrons. The number of nitrogens with one attached hydrogen (secondary N) is 1. The molecular weight excluding hydrogens is 324 g/mol. The SMILES string of the molecule is CC(C)c1nsc(Nc2nccn3c(-c4cnn(C)c4)cnc23)n1. The third-order valence-corrected chi connectivity index (χ3v) is 4.26. The Hall–Kier alpha value is -2.81. The van der Waals surface area contributed by atoms with Crippen LogP contribution in [0.1, 0.15) is 25.6 Å². The molecule has 4 aromatic heterocycles. The minimum absolute atomic E-state index is 0.296. The first kappa shape index (κ1) is 14.8. The van der Waals surface area contributed by atoms with E-state index >= 15 is 0 Å². The summed E-state index contributed by atoms with van der Waals surface area (Å²) in [4.78, 5) is 13.4. The van der Waals surface area contributed by atoms with Gasteiger partial charge in [-0.05, 0) is 0 Å². The molecular formula is C15H16N8S. The summed E-state index contributed by atoms with van der Waals surface area (Å²) in [6.45, 7) is 4.14. The van der Waals surface area contributed by atoms with Crippen molar-refractivity contribution < 1.29 is 0 Å². The number of anilines is 2. The topological polar surface area (TPSA) is 85.8 Å². The third kappa shape index (κ3) is 2.52. The molecule has 4 rings (SSSR count). The Morgan fingerprint density at radius 2 is 2.08 bits per heavy atom. The van der Waals surface area contributed by atoms with Crippen molar-refractivity contribution in [2.24, 2.45) is 7.05 Å². The summed E-state index contributed by atoms with van der Waals surface area (Å²) in [7, 11) is 1.89. The van der Waals surface area contributed by atoms with Gasteiger partial charge in [-0.1, -0.05) is 13.8 Å². The van der Waals surface area contributed by atoms with Gasteiger partial charge in [0.05, 0.1) is 18.1 Å². The van der Waals surface area contributed by atoms with Crippen LogP contribution in [0.5, 0.6) is 0 Å². The molecule has 0 aliphatic heterocycles. The average molecular weight is 340 g/mol. The quantitative estimate of drug-likeness (QED) is 0.615. The second-order valence-electron chi connectivity index (χ2n) is 5.75. The lowest BCUT2D eigenvalue weighted by molar-refractivity contribution is 0.768. The molecule has 0 aliphatic carbocycles. The average Bonchev–Trinajstić information content (AvgIpc) is 3.26. The normalized spacial score (nSPS) is 11.5. The molecule has 0 bridgehead atoms. The molecule has 24 heavy (non-hydrogen) atoms. The lowest BCUT2D eigenvalue weighted by Crippen LogP contribution is -1.98. The van der Waals surface area contributed by atoms with Crippen molar-refractivity contribution in [1.29, 1.82) is 0 Å². The van der Waals surface area contributed by atoms with E-state index in [1.54, 1.807) is 10.9 Å². The van der Waals surface area contributed by atoms with Gasteiger partial charge in [0.15, 0.2) is 11.5 Å². The monoisotopic (exact) mass is 340 g/mol. The number of nitrogens with zero attached hydrogens (tertiary/aromatic N) is 7. The van der Waals surface area contributed by atoms with E-state index in [9.17, 15) is 0 Å². The molecule has 0 spiro atoms. The molecule has 0 saturated heterocycles. The smallest absolute Gasteiger partial charge is 0.208 e. The van der Waals surface area contributed by atoms with Gasteiger partial charge < -0.3 is 5.32 Å². The summed E-state index contributed by atoms with van der Waals surface area (Å²) in [5.41, 5.74) is 2.70. The Kier molecular flexibility index (Phi) is 3.49. The second-order valence-corrected chi connectivity index (χ2v) is 6.50. The van der Waals surface area contributed by atoms with Gasteiger partial charge in [0.2, 0.25) is 5.13 Å². The third-order valence-electron chi connectivity index (χ3n) is 3.61. The fourth-order valence-corrected chi connectivity index (χ4v) is 3.10. The number of imidazole rings is 1. The largest absolute Gasteiger partial charge is 0.312 e. The molecule has 0 aliphatic rings. The van der Waals surface area contributed by atoms with Crippen LogP contribution in [0.25, 0.3) is 16.9 Å². The minimum atomic E-state index is 0.296. The summed E-state index contributed by atoms with van der Waals surface area (Å²) in [5, 5.41) is 8.15. The molecule has 4 aromatic rings. The van der Waals surface area contributed by atoms with E-state index in [4.69, 9.17) is 0 Å². The van der Waals surface area contributed by atoms with E-state index in [2.05, 4.69) is 43.6 Å². The van der Waals surface area contributed by atoms with Crippen molar-refractivity contribution in [3.63, 3.8) is 0 Å². The molecule has 0 radical (unpaired) electrons. The molecule has 0 fully saturated rings. The summed E-state index contributed by atoms with van der Waals surface area (Å²) in [6, 6.07) is 0. The number of aromatic nitrogens is 7. The zero-order chi connectivity index (χ0) is 16.7. The van der Waals surface area contributed by atoms with Gasteiger partial charge in [-0.2, -0.15) is 9.47 Å². The van der Waals surface area contributed by atoms with Crippen molar-refractivity contribution in [3.8, 4) is 11.3 Å². The highest BCUT2D eigenvalue weighted by Gasteiger charge is 2.14. The number of rotatable bonds is 4. The minimum Gasteiger partial charge on any atom is -0.312 e. The molecule has 0 saturated carbocycles. The zero-order valence-corrected chi connectivity index (χ0v) is 14.3. The molecule has 0 aromatic carbocycles. The highest BCUT2D eigenvalue weighted by atomic mass is 32.1. The standard InChI is InChI=1S/C15H16N8S/c1-9(2)12-19-15(24-21-12)20-13-14-17-7-11(23(14)5-4-16-13)10-6-18-22(3)8-10/h4-9H,1-3H3,(H,16,19,20,21). The van der Waals surface area contributed by atoms with Gasteiger partial charge >= 0.3 is 0 Å².